The molecule has 1 aromatic rings. The minimum absolute atomic E-state index is 0. The molecular formula is C12H18ClF3N2O. The third kappa shape index (κ3) is 7.92. The topological polar surface area (TPSA) is 38.5 Å². The van der Waals surface area contributed by atoms with E-state index in [2.05, 4.69) is 4.74 Å². The predicted octanol–water partition coefficient (Wildman–Crippen LogP) is 2.79. The molecule has 0 aliphatic heterocycles. The number of likely N-dealkylation sites (N-methyl/N-ethyl adjacent to an activating group) is 1. The zero-order chi connectivity index (χ0) is 13.8. The average molecular weight is 299 g/mol. The fourth-order valence-electron chi connectivity index (χ4n) is 1.71. The summed E-state index contributed by atoms with van der Waals surface area (Å²) in [6.07, 6.45) is -4.66. The summed E-state index contributed by atoms with van der Waals surface area (Å²) in [5.41, 5.74) is 6.39. The molecule has 0 saturated heterocycles. The Labute approximate surface area is 116 Å². The molecule has 2 N–H and O–H groups in total. The van der Waals surface area contributed by atoms with Crippen molar-refractivity contribution in [2.24, 2.45) is 5.73 Å². The Bertz CT molecular complexity index is 385. The van der Waals surface area contributed by atoms with Gasteiger partial charge < -0.3 is 15.4 Å². The Balaban J connectivity index is 0.00000324. The molecule has 19 heavy (non-hydrogen) atoms. The van der Waals surface area contributed by atoms with Crippen molar-refractivity contribution in [1.82, 2.24) is 4.90 Å². The second kappa shape index (κ2) is 7.57. The van der Waals surface area contributed by atoms with Gasteiger partial charge >= 0.3 is 6.36 Å². The molecular weight excluding hydrogens is 281 g/mol. The van der Waals surface area contributed by atoms with Gasteiger partial charge in [0.2, 0.25) is 0 Å². The number of hydrogen-bond donors (Lipinski definition) is 1. The molecule has 0 bridgehead atoms. The Kier molecular flexibility index (Phi) is 7.18. The normalized spacial score (nSPS) is 13.0. The van der Waals surface area contributed by atoms with Crippen LogP contribution in [0.5, 0.6) is 5.75 Å². The first-order valence-corrected chi connectivity index (χ1v) is 5.55. The van der Waals surface area contributed by atoms with E-state index < -0.39 is 6.36 Å². The van der Waals surface area contributed by atoms with E-state index >= 15 is 0 Å². The Morgan fingerprint density at radius 3 is 2.53 bits per heavy atom. The Morgan fingerprint density at radius 1 is 1.37 bits per heavy atom. The van der Waals surface area contributed by atoms with Crippen LogP contribution in [0.3, 0.4) is 0 Å². The number of nitrogens with zero attached hydrogens (tertiary/aromatic N) is 1. The molecule has 1 unspecified atom stereocenters. The van der Waals surface area contributed by atoms with Crippen molar-refractivity contribution in [2.45, 2.75) is 25.9 Å². The van der Waals surface area contributed by atoms with Crippen LogP contribution in [-0.2, 0) is 6.54 Å². The highest BCUT2D eigenvalue weighted by Gasteiger charge is 2.31. The summed E-state index contributed by atoms with van der Waals surface area (Å²) in [4.78, 5) is 1.94. The molecule has 110 valence electrons. The highest BCUT2D eigenvalue weighted by Crippen LogP contribution is 2.23. The molecule has 0 fully saturated rings. The summed E-state index contributed by atoms with van der Waals surface area (Å²) >= 11 is 0. The maximum absolute atomic E-state index is 12.1. The lowest BCUT2D eigenvalue weighted by Crippen LogP contribution is -2.32. The lowest BCUT2D eigenvalue weighted by atomic mass is 10.2. The number of hydrogen-bond acceptors (Lipinski definition) is 3. The molecule has 1 aromatic carbocycles. The summed E-state index contributed by atoms with van der Waals surface area (Å²) in [6.45, 7) is 3.07. The molecule has 0 aliphatic carbocycles. The fourth-order valence-corrected chi connectivity index (χ4v) is 1.71. The summed E-state index contributed by atoms with van der Waals surface area (Å²) in [7, 11) is 1.86. The van der Waals surface area contributed by atoms with Crippen molar-refractivity contribution >= 4 is 12.4 Å². The molecule has 0 radical (unpaired) electrons. The molecule has 0 heterocycles. The molecule has 0 saturated carbocycles. The van der Waals surface area contributed by atoms with Crippen molar-refractivity contribution in [1.29, 1.82) is 0 Å². The van der Waals surface area contributed by atoms with Gasteiger partial charge in [0.15, 0.2) is 0 Å². The third-order valence-electron chi connectivity index (χ3n) is 2.18. The standard InChI is InChI=1S/C12H17F3N2O.ClH/c1-9(16)7-17(2)8-10-4-3-5-11(6-10)18-12(13,14)15;/h3-6,9H,7-8,16H2,1-2H3;1H. The molecule has 0 amide bonds. The second-order valence-electron chi connectivity index (χ2n) is 4.37. The van der Waals surface area contributed by atoms with Gasteiger partial charge in [-0.3, -0.25) is 0 Å². The van der Waals surface area contributed by atoms with Gasteiger partial charge in [0.05, 0.1) is 0 Å². The van der Waals surface area contributed by atoms with Crippen molar-refractivity contribution < 1.29 is 17.9 Å². The van der Waals surface area contributed by atoms with Gasteiger partial charge in [-0.05, 0) is 31.7 Å². The van der Waals surface area contributed by atoms with Crippen LogP contribution in [-0.4, -0.2) is 30.9 Å². The minimum Gasteiger partial charge on any atom is -0.406 e. The van der Waals surface area contributed by atoms with Gasteiger partial charge in [-0.25, -0.2) is 0 Å². The van der Waals surface area contributed by atoms with Crippen LogP contribution in [0.1, 0.15) is 12.5 Å². The van der Waals surface area contributed by atoms with Crippen molar-refractivity contribution in [2.75, 3.05) is 13.6 Å². The highest BCUT2D eigenvalue weighted by atomic mass is 35.5. The van der Waals surface area contributed by atoms with Crippen LogP contribution in [0.15, 0.2) is 24.3 Å². The summed E-state index contributed by atoms with van der Waals surface area (Å²) in [5, 5.41) is 0. The van der Waals surface area contributed by atoms with Gasteiger partial charge in [0, 0.05) is 19.1 Å². The van der Waals surface area contributed by atoms with Crippen LogP contribution in [0, 0.1) is 0 Å². The maximum Gasteiger partial charge on any atom is 0.573 e. The summed E-state index contributed by atoms with van der Waals surface area (Å²) in [5.74, 6) is -0.200. The van der Waals surface area contributed by atoms with E-state index in [1.54, 1.807) is 6.07 Å². The molecule has 7 heteroatoms. The summed E-state index contributed by atoms with van der Waals surface area (Å²) in [6, 6.07) is 5.97. The van der Waals surface area contributed by atoms with Crippen LogP contribution in [0.25, 0.3) is 0 Å². The van der Waals surface area contributed by atoms with Crippen molar-refractivity contribution in [3.63, 3.8) is 0 Å². The molecule has 0 aliphatic rings. The van der Waals surface area contributed by atoms with E-state index in [-0.39, 0.29) is 24.2 Å². The van der Waals surface area contributed by atoms with Gasteiger partial charge in [-0.2, -0.15) is 0 Å². The molecule has 1 atom stereocenters. The molecule has 1 rings (SSSR count). The molecule has 0 spiro atoms. The largest absolute Gasteiger partial charge is 0.573 e. The van der Waals surface area contributed by atoms with Gasteiger partial charge in [0.1, 0.15) is 5.75 Å². The van der Waals surface area contributed by atoms with Gasteiger partial charge in [0.25, 0.3) is 0 Å². The fraction of sp³-hybridized carbons (Fsp3) is 0.500. The SMILES string of the molecule is CC(N)CN(C)Cc1cccc(OC(F)(F)F)c1.Cl. The molecule has 3 nitrogen and oxygen atoms in total. The van der Waals surface area contributed by atoms with E-state index in [1.807, 2.05) is 18.9 Å². The van der Waals surface area contributed by atoms with Crippen LogP contribution < -0.4 is 10.5 Å². The number of benzene rings is 1. The van der Waals surface area contributed by atoms with Crippen LogP contribution >= 0.6 is 12.4 Å². The minimum atomic E-state index is -4.66. The first-order chi connectivity index (χ1) is 8.26. The van der Waals surface area contributed by atoms with E-state index in [0.717, 1.165) is 5.56 Å². The number of halogens is 4. The van der Waals surface area contributed by atoms with E-state index in [4.69, 9.17) is 5.73 Å². The van der Waals surface area contributed by atoms with E-state index in [1.165, 1.54) is 18.2 Å². The maximum atomic E-state index is 12.1. The highest BCUT2D eigenvalue weighted by molar-refractivity contribution is 5.85. The monoisotopic (exact) mass is 298 g/mol. The lowest BCUT2D eigenvalue weighted by Gasteiger charge is -2.19. The smallest absolute Gasteiger partial charge is 0.406 e. The predicted molar refractivity (Wildman–Crippen MR) is 70.4 cm³/mol. The number of ether oxygens (including phenoxy) is 1. The number of alkyl halides is 3. The number of rotatable bonds is 5. The first kappa shape index (κ1) is 18.0. The quantitative estimate of drug-likeness (QED) is 0.908. The lowest BCUT2D eigenvalue weighted by molar-refractivity contribution is -0.274. The first-order valence-electron chi connectivity index (χ1n) is 5.55. The zero-order valence-electron chi connectivity index (χ0n) is 10.8. The van der Waals surface area contributed by atoms with E-state index in [9.17, 15) is 13.2 Å². The van der Waals surface area contributed by atoms with Crippen molar-refractivity contribution in [3.05, 3.63) is 29.8 Å². The van der Waals surface area contributed by atoms with Crippen LogP contribution in [0.2, 0.25) is 0 Å². The zero-order valence-corrected chi connectivity index (χ0v) is 11.6. The molecule has 0 aromatic heterocycles. The van der Waals surface area contributed by atoms with Crippen molar-refractivity contribution in [3.8, 4) is 5.75 Å². The Morgan fingerprint density at radius 2 is 2.00 bits per heavy atom. The Hall–Kier alpha value is -0.980. The number of nitrogens with two attached hydrogens (primary N) is 1. The van der Waals surface area contributed by atoms with Gasteiger partial charge in [-0.1, -0.05) is 12.1 Å². The third-order valence-corrected chi connectivity index (χ3v) is 2.18. The average Bonchev–Trinajstić information content (AvgIpc) is 2.13. The van der Waals surface area contributed by atoms with E-state index in [0.29, 0.717) is 13.1 Å². The summed E-state index contributed by atoms with van der Waals surface area (Å²) < 4.78 is 40.0. The van der Waals surface area contributed by atoms with Crippen LogP contribution in [0.4, 0.5) is 13.2 Å². The second-order valence-corrected chi connectivity index (χ2v) is 4.37. The van der Waals surface area contributed by atoms with Gasteiger partial charge in [-0.15, -0.1) is 25.6 Å².